The van der Waals surface area contributed by atoms with Crippen LogP contribution in [0.25, 0.3) is 5.69 Å². The maximum Gasteiger partial charge on any atom is 0.240 e. The van der Waals surface area contributed by atoms with Gasteiger partial charge in [-0.1, -0.05) is 0 Å². The van der Waals surface area contributed by atoms with Crippen LogP contribution in [0, 0.1) is 6.92 Å². The lowest BCUT2D eigenvalue weighted by atomic mass is 10.3. The number of nitrogens with zero attached hydrogens (tertiary/aromatic N) is 3. The SMILES string of the molecule is Cc1nc(N)nn1-c1ccc(O)cc1. The number of benzene rings is 1. The summed E-state index contributed by atoms with van der Waals surface area (Å²) in [5.74, 6) is 1.18. The van der Waals surface area contributed by atoms with Gasteiger partial charge in [0.05, 0.1) is 5.69 Å². The maximum atomic E-state index is 9.11. The zero-order valence-corrected chi connectivity index (χ0v) is 7.68. The van der Waals surface area contributed by atoms with Crippen molar-refractivity contribution in [1.82, 2.24) is 14.8 Å². The van der Waals surface area contributed by atoms with Gasteiger partial charge in [-0.3, -0.25) is 0 Å². The standard InChI is InChI=1S/C9H10N4O/c1-6-11-9(10)12-13(6)7-2-4-8(14)5-3-7/h2-5,14H,1H3,(H2,10,12). The molecule has 0 fully saturated rings. The van der Waals surface area contributed by atoms with Crippen molar-refractivity contribution in [2.24, 2.45) is 0 Å². The third-order valence-electron chi connectivity index (χ3n) is 1.88. The Balaban J connectivity index is 2.49. The number of aromatic hydroxyl groups is 1. The molecular weight excluding hydrogens is 180 g/mol. The van der Waals surface area contributed by atoms with Crippen molar-refractivity contribution in [3.63, 3.8) is 0 Å². The number of hydrogen-bond donors (Lipinski definition) is 2. The van der Waals surface area contributed by atoms with E-state index in [9.17, 15) is 0 Å². The molecule has 0 unspecified atom stereocenters. The number of phenolic OH excluding ortho intramolecular Hbond substituents is 1. The average molecular weight is 190 g/mol. The van der Waals surface area contributed by atoms with Crippen LogP contribution in [-0.4, -0.2) is 19.9 Å². The molecule has 2 rings (SSSR count). The minimum Gasteiger partial charge on any atom is -0.508 e. The predicted octanol–water partition coefficient (Wildman–Crippen LogP) is 0.864. The maximum absolute atomic E-state index is 9.11. The van der Waals surface area contributed by atoms with Crippen LogP contribution >= 0.6 is 0 Å². The zero-order valence-electron chi connectivity index (χ0n) is 7.68. The number of aryl methyl sites for hydroxylation is 1. The van der Waals surface area contributed by atoms with Crippen LogP contribution in [0.1, 0.15) is 5.82 Å². The molecule has 0 aliphatic rings. The molecule has 14 heavy (non-hydrogen) atoms. The topological polar surface area (TPSA) is 77.0 Å². The van der Waals surface area contributed by atoms with E-state index in [4.69, 9.17) is 10.8 Å². The molecule has 2 aromatic rings. The number of rotatable bonds is 1. The van der Waals surface area contributed by atoms with Gasteiger partial charge in [0, 0.05) is 0 Å². The van der Waals surface area contributed by atoms with Gasteiger partial charge >= 0.3 is 0 Å². The van der Waals surface area contributed by atoms with Crippen LogP contribution in [0.3, 0.4) is 0 Å². The summed E-state index contributed by atoms with van der Waals surface area (Å²) < 4.78 is 1.62. The van der Waals surface area contributed by atoms with E-state index in [-0.39, 0.29) is 11.7 Å². The fourth-order valence-electron chi connectivity index (χ4n) is 1.25. The Morgan fingerprint density at radius 3 is 2.43 bits per heavy atom. The van der Waals surface area contributed by atoms with E-state index in [1.54, 1.807) is 28.9 Å². The molecule has 0 amide bonds. The summed E-state index contributed by atoms with van der Waals surface area (Å²) in [6, 6.07) is 6.67. The van der Waals surface area contributed by atoms with E-state index in [1.165, 1.54) is 0 Å². The second-order valence-corrected chi connectivity index (χ2v) is 2.95. The molecule has 0 aliphatic heterocycles. The fraction of sp³-hybridized carbons (Fsp3) is 0.111. The third kappa shape index (κ3) is 1.39. The van der Waals surface area contributed by atoms with Gasteiger partial charge in [0.1, 0.15) is 11.6 Å². The number of anilines is 1. The molecular formula is C9H10N4O. The van der Waals surface area contributed by atoms with Crippen molar-refractivity contribution in [2.45, 2.75) is 6.92 Å². The number of aromatic nitrogens is 3. The monoisotopic (exact) mass is 190 g/mol. The summed E-state index contributed by atoms with van der Waals surface area (Å²) in [6.07, 6.45) is 0. The Morgan fingerprint density at radius 1 is 1.29 bits per heavy atom. The number of nitrogen functional groups attached to an aromatic ring is 1. The molecule has 5 nitrogen and oxygen atoms in total. The van der Waals surface area contributed by atoms with E-state index in [0.29, 0.717) is 5.82 Å². The average Bonchev–Trinajstić information content (AvgIpc) is 2.47. The van der Waals surface area contributed by atoms with Crippen LogP contribution in [0.2, 0.25) is 0 Å². The number of nitrogens with two attached hydrogens (primary N) is 1. The first kappa shape index (κ1) is 8.55. The summed E-state index contributed by atoms with van der Waals surface area (Å²) in [6.45, 7) is 1.82. The molecule has 1 heterocycles. The van der Waals surface area contributed by atoms with E-state index in [0.717, 1.165) is 5.69 Å². The van der Waals surface area contributed by atoms with Gasteiger partial charge in [-0.15, -0.1) is 5.10 Å². The summed E-state index contributed by atoms with van der Waals surface area (Å²) in [4.78, 5) is 3.98. The van der Waals surface area contributed by atoms with Gasteiger partial charge in [-0.05, 0) is 31.2 Å². The van der Waals surface area contributed by atoms with Gasteiger partial charge in [0.25, 0.3) is 0 Å². The molecule has 0 saturated heterocycles. The van der Waals surface area contributed by atoms with Gasteiger partial charge in [-0.25, -0.2) is 4.68 Å². The Hall–Kier alpha value is -2.04. The van der Waals surface area contributed by atoms with Gasteiger partial charge in [-0.2, -0.15) is 4.98 Å². The summed E-state index contributed by atoms with van der Waals surface area (Å²) in [5.41, 5.74) is 6.28. The molecule has 72 valence electrons. The highest BCUT2D eigenvalue weighted by molar-refractivity contribution is 5.37. The minimum atomic E-state index is 0.222. The predicted molar refractivity (Wildman–Crippen MR) is 52.2 cm³/mol. The first-order valence-electron chi connectivity index (χ1n) is 4.15. The number of phenols is 1. The smallest absolute Gasteiger partial charge is 0.240 e. The molecule has 0 saturated carbocycles. The quantitative estimate of drug-likeness (QED) is 0.699. The van der Waals surface area contributed by atoms with E-state index in [1.807, 2.05) is 6.92 Å². The van der Waals surface area contributed by atoms with Crippen molar-refractivity contribution >= 4 is 5.95 Å². The highest BCUT2D eigenvalue weighted by atomic mass is 16.3. The summed E-state index contributed by atoms with van der Waals surface area (Å²) >= 11 is 0. The van der Waals surface area contributed by atoms with Crippen LogP contribution < -0.4 is 5.73 Å². The fourth-order valence-corrected chi connectivity index (χ4v) is 1.25. The highest BCUT2D eigenvalue weighted by Gasteiger charge is 2.04. The van der Waals surface area contributed by atoms with Crippen LogP contribution in [0.5, 0.6) is 5.75 Å². The lowest BCUT2D eigenvalue weighted by Gasteiger charge is -2.01. The molecule has 0 radical (unpaired) electrons. The van der Waals surface area contributed by atoms with Crippen molar-refractivity contribution in [1.29, 1.82) is 0 Å². The van der Waals surface area contributed by atoms with E-state index < -0.39 is 0 Å². The van der Waals surface area contributed by atoms with E-state index in [2.05, 4.69) is 10.1 Å². The van der Waals surface area contributed by atoms with E-state index >= 15 is 0 Å². The summed E-state index contributed by atoms with van der Waals surface area (Å²) in [5, 5.41) is 13.1. The van der Waals surface area contributed by atoms with Crippen molar-refractivity contribution in [3.05, 3.63) is 30.1 Å². The first-order valence-corrected chi connectivity index (χ1v) is 4.15. The molecule has 0 atom stereocenters. The third-order valence-corrected chi connectivity index (χ3v) is 1.88. The highest BCUT2D eigenvalue weighted by Crippen LogP contribution is 2.14. The minimum absolute atomic E-state index is 0.222. The molecule has 3 N–H and O–H groups in total. The van der Waals surface area contributed by atoms with Crippen LogP contribution in [0.4, 0.5) is 5.95 Å². The molecule has 0 spiro atoms. The Kier molecular flexibility index (Phi) is 1.85. The molecule has 1 aromatic carbocycles. The van der Waals surface area contributed by atoms with Crippen molar-refractivity contribution in [2.75, 3.05) is 5.73 Å². The van der Waals surface area contributed by atoms with Gasteiger partial charge < -0.3 is 10.8 Å². The largest absolute Gasteiger partial charge is 0.508 e. The lowest BCUT2D eigenvalue weighted by Crippen LogP contribution is -1.98. The van der Waals surface area contributed by atoms with Crippen LogP contribution in [-0.2, 0) is 0 Å². The normalized spacial score (nSPS) is 10.4. The van der Waals surface area contributed by atoms with Crippen LogP contribution in [0.15, 0.2) is 24.3 Å². The van der Waals surface area contributed by atoms with Crippen molar-refractivity contribution in [3.8, 4) is 11.4 Å². The lowest BCUT2D eigenvalue weighted by molar-refractivity contribution is 0.475. The molecule has 0 aliphatic carbocycles. The van der Waals surface area contributed by atoms with Crippen molar-refractivity contribution < 1.29 is 5.11 Å². The molecule has 5 heteroatoms. The first-order chi connectivity index (χ1) is 6.66. The van der Waals surface area contributed by atoms with Gasteiger partial charge in [0.15, 0.2) is 0 Å². The Labute approximate surface area is 80.8 Å². The second-order valence-electron chi connectivity index (χ2n) is 2.95. The second kappa shape index (κ2) is 3.02. The Morgan fingerprint density at radius 2 is 1.93 bits per heavy atom. The van der Waals surface area contributed by atoms with Gasteiger partial charge in [0.2, 0.25) is 5.95 Å². The molecule has 1 aromatic heterocycles. The molecule has 0 bridgehead atoms. The summed E-state index contributed by atoms with van der Waals surface area (Å²) in [7, 11) is 0. The Bertz CT molecular complexity index is 446. The zero-order chi connectivity index (χ0) is 10.1. The number of hydrogen-bond acceptors (Lipinski definition) is 4.